The second-order valence-corrected chi connectivity index (χ2v) is 5.65. The molecule has 2 heterocycles. The molecule has 0 bridgehead atoms. The van der Waals surface area contributed by atoms with Crippen molar-refractivity contribution in [2.75, 3.05) is 0 Å². The van der Waals surface area contributed by atoms with Crippen LogP contribution in [0.5, 0.6) is 5.75 Å². The molecule has 3 aromatic rings. The van der Waals surface area contributed by atoms with Gasteiger partial charge < -0.3 is 14.4 Å². The molecular formula is C17H12N2O5. The summed E-state index contributed by atoms with van der Waals surface area (Å²) in [5.41, 5.74) is 2.82. The third-order valence-corrected chi connectivity index (χ3v) is 4.20. The summed E-state index contributed by atoms with van der Waals surface area (Å²) in [5, 5.41) is 10.1. The summed E-state index contributed by atoms with van der Waals surface area (Å²) in [4.78, 5) is 38.9. The zero-order chi connectivity index (χ0) is 16.8. The van der Waals surface area contributed by atoms with Crippen LogP contribution in [0.25, 0.3) is 11.1 Å². The maximum atomic E-state index is 12.7. The van der Waals surface area contributed by atoms with Crippen LogP contribution in [0.2, 0.25) is 0 Å². The van der Waals surface area contributed by atoms with Gasteiger partial charge in [-0.25, -0.2) is 4.79 Å². The van der Waals surface area contributed by atoms with Gasteiger partial charge in [0.15, 0.2) is 11.9 Å². The van der Waals surface area contributed by atoms with E-state index in [0.29, 0.717) is 35.1 Å². The van der Waals surface area contributed by atoms with Crippen molar-refractivity contribution in [3.8, 4) is 5.75 Å². The number of hydrogen-bond acceptors (Lipinski definition) is 5. The molecule has 0 unspecified atom stereocenters. The second-order valence-electron chi connectivity index (χ2n) is 5.65. The molecule has 7 heteroatoms. The number of aromatic hydroxyl groups is 1. The standard InChI is InChI=1S/C17H12N2O5/c20-8-11-2-1-10-6-19(7-12(10)15(11)21)16(22)9-3-4-13-14(5-9)24-17(23)18-13/h1-5,8,21H,6-7H2,(H,18,23). The topological polar surface area (TPSA) is 104 Å². The van der Waals surface area contributed by atoms with Crippen molar-refractivity contribution in [2.45, 2.75) is 13.1 Å². The van der Waals surface area contributed by atoms with Crippen molar-refractivity contribution in [3.05, 3.63) is 63.1 Å². The highest BCUT2D eigenvalue weighted by Gasteiger charge is 2.27. The Kier molecular flexibility index (Phi) is 3.02. The van der Waals surface area contributed by atoms with Gasteiger partial charge in [0.1, 0.15) is 5.75 Å². The number of oxazole rings is 1. The number of phenolic OH excluding ortho intramolecular Hbond substituents is 1. The largest absolute Gasteiger partial charge is 0.507 e. The normalized spacial score (nSPS) is 13.2. The number of benzene rings is 2. The molecular weight excluding hydrogens is 312 g/mol. The zero-order valence-corrected chi connectivity index (χ0v) is 12.4. The third kappa shape index (κ3) is 2.10. The summed E-state index contributed by atoms with van der Waals surface area (Å²) in [6, 6.07) is 8.00. The van der Waals surface area contributed by atoms with Crippen molar-refractivity contribution in [2.24, 2.45) is 0 Å². The van der Waals surface area contributed by atoms with E-state index < -0.39 is 5.76 Å². The molecule has 1 aromatic heterocycles. The summed E-state index contributed by atoms with van der Waals surface area (Å²) in [6.45, 7) is 0.562. The average molecular weight is 324 g/mol. The van der Waals surface area contributed by atoms with E-state index >= 15 is 0 Å². The molecule has 0 spiro atoms. The number of H-pyrrole nitrogens is 1. The Bertz CT molecular complexity index is 1050. The molecule has 2 aromatic carbocycles. The number of nitrogens with one attached hydrogen (secondary N) is 1. The van der Waals surface area contributed by atoms with E-state index in [4.69, 9.17) is 4.42 Å². The van der Waals surface area contributed by atoms with E-state index in [1.54, 1.807) is 23.1 Å². The molecule has 0 atom stereocenters. The van der Waals surface area contributed by atoms with E-state index in [1.165, 1.54) is 12.1 Å². The number of carbonyl (C=O) groups excluding carboxylic acids is 2. The Morgan fingerprint density at radius 3 is 2.88 bits per heavy atom. The maximum Gasteiger partial charge on any atom is 0.417 e. The second kappa shape index (κ2) is 5.09. The monoisotopic (exact) mass is 324 g/mol. The quantitative estimate of drug-likeness (QED) is 0.700. The first-order chi connectivity index (χ1) is 11.6. The smallest absolute Gasteiger partial charge is 0.417 e. The summed E-state index contributed by atoms with van der Waals surface area (Å²) in [5.74, 6) is -0.900. The van der Waals surface area contributed by atoms with Crippen LogP contribution in [0.15, 0.2) is 39.5 Å². The summed E-state index contributed by atoms with van der Waals surface area (Å²) >= 11 is 0. The van der Waals surface area contributed by atoms with E-state index in [1.807, 2.05) is 0 Å². The highest BCUT2D eigenvalue weighted by atomic mass is 16.4. The number of phenols is 1. The molecule has 1 amide bonds. The van der Waals surface area contributed by atoms with Crippen LogP contribution in [0, 0.1) is 0 Å². The van der Waals surface area contributed by atoms with Crippen LogP contribution >= 0.6 is 0 Å². The Balaban J connectivity index is 1.66. The number of hydrogen-bond donors (Lipinski definition) is 2. The SMILES string of the molecule is O=Cc1ccc2c(c1O)CN(C(=O)c1ccc3[nH]c(=O)oc3c1)C2. The van der Waals surface area contributed by atoms with Gasteiger partial charge >= 0.3 is 5.76 Å². The minimum atomic E-state index is -0.575. The van der Waals surface area contributed by atoms with Crippen LogP contribution in [-0.4, -0.2) is 27.2 Å². The van der Waals surface area contributed by atoms with Gasteiger partial charge in [0.25, 0.3) is 5.91 Å². The molecule has 0 radical (unpaired) electrons. The number of amides is 1. The molecule has 24 heavy (non-hydrogen) atoms. The number of aldehydes is 1. The van der Waals surface area contributed by atoms with Crippen LogP contribution < -0.4 is 5.76 Å². The Morgan fingerprint density at radius 1 is 1.25 bits per heavy atom. The molecule has 2 N–H and O–H groups in total. The van der Waals surface area contributed by atoms with Crippen molar-refractivity contribution in [1.82, 2.24) is 9.88 Å². The Labute approximate surface area is 135 Å². The third-order valence-electron chi connectivity index (χ3n) is 4.20. The molecule has 0 saturated heterocycles. The lowest BCUT2D eigenvalue weighted by molar-refractivity contribution is 0.0751. The molecule has 1 aliphatic heterocycles. The first-order valence-electron chi connectivity index (χ1n) is 7.28. The van der Waals surface area contributed by atoms with Crippen molar-refractivity contribution in [1.29, 1.82) is 0 Å². The van der Waals surface area contributed by atoms with Gasteiger partial charge in [0.2, 0.25) is 0 Å². The van der Waals surface area contributed by atoms with Crippen LogP contribution in [0.4, 0.5) is 0 Å². The molecule has 120 valence electrons. The molecule has 0 fully saturated rings. The van der Waals surface area contributed by atoms with Gasteiger partial charge in [-0.1, -0.05) is 6.07 Å². The molecule has 7 nitrogen and oxygen atoms in total. The van der Waals surface area contributed by atoms with E-state index in [9.17, 15) is 19.5 Å². The number of aromatic nitrogens is 1. The fraction of sp³-hybridized carbons (Fsp3) is 0.118. The van der Waals surface area contributed by atoms with Crippen molar-refractivity contribution >= 4 is 23.3 Å². The van der Waals surface area contributed by atoms with Crippen LogP contribution in [0.3, 0.4) is 0 Å². The number of fused-ring (bicyclic) bond motifs is 2. The van der Waals surface area contributed by atoms with Crippen molar-refractivity contribution < 1.29 is 19.1 Å². The minimum absolute atomic E-state index is 0.0788. The number of carbonyl (C=O) groups is 2. The van der Waals surface area contributed by atoms with Gasteiger partial charge in [0, 0.05) is 17.7 Å². The highest BCUT2D eigenvalue weighted by Crippen LogP contribution is 2.33. The van der Waals surface area contributed by atoms with E-state index in [2.05, 4.69) is 4.98 Å². The van der Waals surface area contributed by atoms with Crippen molar-refractivity contribution in [3.63, 3.8) is 0 Å². The predicted octanol–water partition coefficient (Wildman–Crippen LogP) is 1.80. The first kappa shape index (κ1) is 14.3. The first-order valence-corrected chi connectivity index (χ1v) is 7.28. The number of nitrogens with zero attached hydrogens (tertiary/aromatic N) is 1. The maximum absolute atomic E-state index is 12.7. The lowest BCUT2D eigenvalue weighted by atomic mass is 10.1. The van der Waals surface area contributed by atoms with Gasteiger partial charge in [-0.3, -0.25) is 14.6 Å². The van der Waals surface area contributed by atoms with Crippen LogP contribution in [-0.2, 0) is 13.1 Å². The lowest BCUT2D eigenvalue weighted by Gasteiger charge is -2.15. The Hall–Kier alpha value is -3.35. The van der Waals surface area contributed by atoms with Gasteiger partial charge in [0.05, 0.1) is 17.6 Å². The number of aromatic amines is 1. The van der Waals surface area contributed by atoms with Gasteiger partial charge in [-0.15, -0.1) is 0 Å². The predicted molar refractivity (Wildman–Crippen MR) is 83.9 cm³/mol. The molecule has 4 rings (SSSR count). The summed E-state index contributed by atoms with van der Waals surface area (Å²) in [7, 11) is 0. The molecule has 0 aliphatic carbocycles. The molecule has 0 saturated carbocycles. The fourth-order valence-corrected chi connectivity index (χ4v) is 2.97. The number of rotatable bonds is 2. The lowest BCUT2D eigenvalue weighted by Crippen LogP contribution is -2.25. The Morgan fingerprint density at radius 2 is 2.08 bits per heavy atom. The summed E-state index contributed by atoms with van der Waals surface area (Å²) < 4.78 is 4.97. The van der Waals surface area contributed by atoms with Gasteiger partial charge in [-0.05, 0) is 29.8 Å². The fourth-order valence-electron chi connectivity index (χ4n) is 2.97. The molecule has 1 aliphatic rings. The zero-order valence-electron chi connectivity index (χ0n) is 12.4. The minimum Gasteiger partial charge on any atom is -0.507 e. The van der Waals surface area contributed by atoms with E-state index in [-0.39, 0.29) is 23.8 Å². The summed E-state index contributed by atoms with van der Waals surface area (Å²) in [6.07, 6.45) is 0.585. The highest BCUT2D eigenvalue weighted by molar-refractivity contribution is 5.97. The van der Waals surface area contributed by atoms with Gasteiger partial charge in [-0.2, -0.15) is 0 Å². The van der Waals surface area contributed by atoms with Crippen LogP contribution in [0.1, 0.15) is 31.8 Å². The average Bonchev–Trinajstić information content (AvgIpc) is 3.16. The van der Waals surface area contributed by atoms with E-state index in [0.717, 1.165) is 5.56 Å².